The molecule has 0 saturated carbocycles. The number of hydrogen-bond acceptors (Lipinski definition) is 5. The molecule has 0 amide bonds. The van der Waals surface area contributed by atoms with Gasteiger partial charge in [0.2, 0.25) is 10.0 Å². The molecule has 0 bridgehead atoms. The molecule has 0 saturated heterocycles. The van der Waals surface area contributed by atoms with Gasteiger partial charge in [-0.3, -0.25) is 0 Å². The van der Waals surface area contributed by atoms with Crippen molar-refractivity contribution in [3.05, 3.63) is 96.1 Å². The van der Waals surface area contributed by atoms with E-state index in [-0.39, 0.29) is 11.4 Å². The smallest absolute Gasteiger partial charge is 0.243 e. The van der Waals surface area contributed by atoms with Crippen LogP contribution >= 0.6 is 0 Å². The fourth-order valence-electron chi connectivity index (χ4n) is 3.48. The van der Waals surface area contributed by atoms with Crippen LogP contribution in [0, 0.1) is 0 Å². The van der Waals surface area contributed by atoms with E-state index in [1.54, 1.807) is 19.1 Å². The number of nitrogens with two attached hydrogens (primary N) is 2. The van der Waals surface area contributed by atoms with E-state index in [1.165, 1.54) is 16.4 Å². The molecule has 6 nitrogen and oxygen atoms in total. The van der Waals surface area contributed by atoms with Gasteiger partial charge in [0.1, 0.15) is 0 Å². The van der Waals surface area contributed by atoms with Crippen LogP contribution in [0.3, 0.4) is 0 Å². The van der Waals surface area contributed by atoms with Gasteiger partial charge in [-0.1, -0.05) is 60.7 Å². The van der Waals surface area contributed by atoms with Crippen molar-refractivity contribution in [2.45, 2.75) is 36.4 Å². The van der Waals surface area contributed by atoms with Gasteiger partial charge in [0.15, 0.2) is 0 Å². The molecule has 0 aliphatic carbocycles. The average molecular weight is 440 g/mol. The first kappa shape index (κ1) is 23.0. The molecule has 5 N–H and O–H groups in total. The number of nitrogen functional groups attached to an aromatic ring is 1. The largest absolute Gasteiger partial charge is 0.399 e. The molecule has 0 aliphatic rings. The van der Waals surface area contributed by atoms with Crippen LogP contribution in [-0.4, -0.2) is 36.5 Å². The van der Waals surface area contributed by atoms with E-state index in [2.05, 4.69) is 0 Å². The molecule has 3 aromatic carbocycles. The summed E-state index contributed by atoms with van der Waals surface area (Å²) in [5.41, 5.74) is 14.3. The Morgan fingerprint density at radius 2 is 1.45 bits per heavy atom. The highest BCUT2D eigenvalue weighted by Gasteiger charge is 2.33. The minimum atomic E-state index is -3.90. The fraction of sp³-hybridized carbons (Fsp3) is 0.250. The summed E-state index contributed by atoms with van der Waals surface area (Å²) < 4.78 is 28.3. The highest BCUT2D eigenvalue weighted by molar-refractivity contribution is 7.89. The number of hydrogen-bond donors (Lipinski definition) is 3. The summed E-state index contributed by atoms with van der Waals surface area (Å²) in [6.45, 7) is 1.68. The maximum Gasteiger partial charge on any atom is 0.243 e. The first-order chi connectivity index (χ1) is 14.8. The third kappa shape index (κ3) is 5.71. The van der Waals surface area contributed by atoms with Crippen LogP contribution < -0.4 is 11.5 Å². The number of benzene rings is 3. The Bertz CT molecular complexity index is 1060. The monoisotopic (exact) mass is 439 g/mol. The van der Waals surface area contributed by atoms with Gasteiger partial charge in [0, 0.05) is 24.3 Å². The molecule has 0 aromatic heterocycles. The summed E-state index contributed by atoms with van der Waals surface area (Å²) in [5, 5.41) is 10.8. The summed E-state index contributed by atoms with van der Waals surface area (Å²) in [6.07, 6.45) is -0.604. The Balaban J connectivity index is 1.89. The Morgan fingerprint density at radius 3 is 2.03 bits per heavy atom. The Kier molecular flexibility index (Phi) is 7.46. The molecule has 164 valence electrons. The fourth-order valence-corrected chi connectivity index (χ4v) is 5.12. The zero-order valence-electron chi connectivity index (χ0n) is 17.5. The predicted molar refractivity (Wildman–Crippen MR) is 124 cm³/mol. The zero-order chi connectivity index (χ0) is 22.4. The van der Waals surface area contributed by atoms with Crippen LogP contribution in [0.2, 0.25) is 0 Å². The quantitative estimate of drug-likeness (QED) is 0.444. The van der Waals surface area contributed by atoms with E-state index in [4.69, 9.17) is 11.5 Å². The van der Waals surface area contributed by atoms with Gasteiger partial charge < -0.3 is 16.6 Å². The molecule has 1 unspecified atom stereocenters. The van der Waals surface area contributed by atoms with E-state index in [0.717, 1.165) is 11.1 Å². The van der Waals surface area contributed by atoms with Crippen molar-refractivity contribution in [2.24, 2.45) is 5.73 Å². The third-order valence-corrected chi connectivity index (χ3v) is 7.33. The van der Waals surface area contributed by atoms with Crippen molar-refractivity contribution in [3.63, 3.8) is 0 Å². The van der Waals surface area contributed by atoms with Gasteiger partial charge in [0.25, 0.3) is 0 Å². The first-order valence-electron chi connectivity index (χ1n) is 10.2. The van der Waals surface area contributed by atoms with Gasteiger partial charge in [-0.15, -0.1) is 0 Å². The maximum atomic E-state index is 13.5. The minimum absolute atomic E-state index is 0.119. The minimum Gasteiger partial charge on any atom is -0.399 e. The molecule has 0 aliphatic heterocycles. The summed E-state index contributed by atoms with van der Waals surface area (Å²) in [6, 6.07) is 23.9. The lowest BCUT2D eigenvalue weighted by atomic mass is 10.0. The van der Waals surface area contributed by atoms with Gasteiger partial charge in [-0.2, -0.15) is 4.31 Å². The molecular formula is C24H29N3O3S. The summed E-state index contributed by atoms with van der Waals surface area (Å²) >= 11 is 0. The van der Waals surface area contributed by atoms with Crippen molar-refractivity contribution in [1.82, 2.24) is 4.31 Å². The molecule has 7 heteroatoms. The lowest BCUT2D eigenvalue weighted by Crippen LogP contribution is -2.47. The van der Waals surface area contributed by atoms with Crippen molar-refractivity contribution in [3.8, 4) is 0 Å². The zero-order valence-corrected chi connectivity index (χ0v) is 18.3. The third-order valence-electron chi connectivity index (χ3n) is 5.38. The lowest BCUT2D eigenvalue weighted by Gasteiger charge is -2.32. The average Bonchev–Trinajstić information content (AvgIpc) is 2.78. The van der Waals surface area contributed by atoms with Crippen molar-refractivity contribution in [1.29, 1.82) is 0 Å². The number of sulfonamides is 1. The Labute approximate surface area is 184 Å². The molecule has 0 fully saturated rings. The van der Waals surface area contributed by atoms with E-state index < -0.39 is 28.2 Å². The van der Waals surface area contributed by atoms with Gasteiger partial charge in [-0.05, 0) is 48.7 Å². The number of aliphatic hydroxyl groups is 1. The Hall–Kier alpha value is -2.71. The molecule has 0 heterocycles. The molecule has 31 heavy (non-hydrogen) atoms. The van der Waals surface area contributed by atoms with Crippen LogP contribution in [0.4, 0.5) is 5.69 Å². The van der Waals surface area contributed by atoms with E-state index in [9.17, 15) is 13.5 Å². The second-order valence-electron chi connectivity index (χ2n) is 7.65. The van der Waals surface area contributed by atoms with Crippen LogP contribution in [0.5, 0.6) is 0 Å². The molecule has 3 atom stereocenters. The van der Waals surface area contributed by atoms with E-state index >= 15 is 0 Å². The van der Waals surface area contributed by atoms with Crippen molar-refractivity contribution < 1.29 is 13.5 Å². The topological polar surface area (TPSA) is 110 Å². The van der Waals surface area contributed by atoms with Crippen LogP contribution in [-0.2, 0) is 16.4 Å². The normalized spacial score (nSPS) is 14.8. The molecule has 3 aromatic rings. The van der Waals surface area contributed by atoms with Gasteiger partial charge in [0.05, 0.1) is 11.0 Å². The molecule has 0 spiro atoms. The molecule has 3 rings (SSSR count). The summed E-state index contributed by atoms with van der Waals surface area (Å²) in [7, 11) is -3.90. The highest BCUT2D eigenvalue weighted by atomic mass is 32.2. The number of anilines is 1. The highest BCUT2D eigenvalue weighted by Crippen LogP contribution is 2.28. The van der Waals surface area contributed by atoms with Crippen LogP contribution in [0.1, 0.15) is 24.1 Å². The van der Waals surface area contributed by atoms with Crippen molar-refractivity contribution in [2.75, 3.05) is 12.3 Å². The van der Waals surface area contributed by atoms with Crippen LogP contribution in [0.25, 0.3) is 0 Å². The first-order valence-corrected chi connectivity index (χ1v) is 11.6. The molecular weight excluding hydrogens is 410 g/mol. The van der Waals surface area contributed by atoms with Crippen molar-refractivity contribution >= 4 is 15.7 Å². The summed E-state index contributed by atoms with van der Waals surface area (Å²) in [4.78, 5) is 0.119. The SMILES string of the molecule is CC(c1ccccc1)N(C[C@@H](O)[C@H](N)Cc1ccccc1)S(=O)(=O)c1ccc(N)cc1. The van der Waals surface area contributed by atoms with Crippen LogP contribution in [0.15, 0.2) is 89.8 Å². The van der Waals surface area contributed by atoms with E-state index in [1.807, 2.05) is 60.7 Å². The van der Waals surface area contributed by atoms with E-state index in [0.29, 0.717) is 12.1 Å². The standard InChI is InChI=1S/C24H29N3O3S/c1-18(20-10-6-3-7-11-20)27(31(29,30)22-14-12-21(25)13-15-22)17-24(28)23(26)16-19-8-4-2-5-9-19/h2-15,18,23-24,28H,16-17,25-26H2,1H3/t18?,23-,24-/m1/s1. The number of rotatable bonds is 9. The number of aliphatic hydroxyl groups excluding tert-OH is 1. The Morgan fingerprint density at radius 1 is 0.903 bits per heavy atom. The maximum absolute atomic E-state index is 13.5. The second-order valence-corrected chi connectivity index (χ2v) is 9.54. The lowest BCUT2D eigenvalue weighted by molar-refractivity contribution is 0.109. The second kappa shape index (κ2) is 10.1. The number of nitrogens with zero attached hydrogens (tertiary/aromatic N) is 1. The predicted octanol–water partition coefficient (Wildman–Crippen LogP) is 2.95. The van der Waals surface area contributed by atoms with Gasteiger partial charge in [-0.25, -0.2) is 8.42 Å². The van der Waals surface area contributed by atoms with Gasteiger partial charge >= 0.3 is 0 Å². The summed E-state index contributed by atoms with van der Waals surface area (Å²) in [5.74, 6) is 0. The molecule has 0 radical (unpaired) electrons.